The van der Waals surface area contributed by atoms with Crippen LogP contribution in [-0.2, 0) is 6.54 Å². The maximum Gasteiger partial charge on any atom is 0.255 e. The maximum atomic E-state index is 11.8. The molecule has 0 bridgehead atoms. The van der Waals surface area contributed by atoms with Crippen LogP contribution in [0.2, 0.25) is 0 Å². The SMILES string of the molecule is NCc1ccc(C(=O)Nc2ccsc2)cc1. The third-order valence-electron chi connectivity index (χ3n) is 2.23. The van der Waals surface area contributed by atoms with Crippen LogP contribution in [0.5, 0.6) is 0 Å². The van der Waals surface area contributed by atoms with Gasteiger partial charge in [-0.3, -0.25) is 4.79 Å². The highest BCUT2D eigenvalue weighted by Gasteiger charge is 2.05. The van der Waals surface area contributed by atoms with Crippen LogP contribution >= 0.6 is 11.3 Å². The van der Waals surface area contributed by atoms with Gasteiger partial charge in [0.05, 0.1) is 5.69 Å². The molecule has 4 heteroatoms. The third-order valence-corrected chi connectivity index (χ3v) is 2.91. The van der Waals surface area contributed by atoms with Gasteiger partial charge < -0.3 is 11.1 Å². The molecule has 0 aliphatic carbocycles. The summed E-state index contributed by atoms with van der Waals surface area (Å²) in [6.07, 6.45) is 0. The maximum absolute atomic E-state index is 11.8. The minimum atomic E-state index is -0.0954. The number of benzene rings is 1. The van der Waals surface area contributed by atoms with Gasteiger partial charge in [0.25, 0.3) is 5.91 Å². The van der Waals surface area contributed by atoms with Gasteiger partial charge in [-0.15, -0.1) is 0 Å². The lowest BCUT2D eigenvalue weighted by atomic mass is 10.1. The van der Waals surface area contributed by atoms with Gasteiger partial charge >= 0.3 is 0 Å². The van der Waals surface area contributed by atoms with Crippen molar-refractivity contribution in [2.24, 2.45) is 5.73 Å². The Morgan fingerprint density at radius 2 is 2.00 bits per heavy atom. The van der Waals surface area contributed by atoms with Gasteiger partial charge in [-0.25, -0.2) is 0 Å². The first-order valence-corrected chi connectivity index (χ1v) is 5.86. The van der Waals surface area contributed by atoms with E-state index in [-0.39, 0.29) is 5.91 Å². The molecule has 0 radical (unpaired) electrons. The van der Waals surface area contributed by atoms with Crippen molar-refractivity contribution in [2.75, 3.05) is 5.32 Å². The molecule has 0 saturated heterocycles. The lowest BCUT2D eigenvalue weighted by Gasteiger charge is -2.03. The average Bonchev–Trinajstić information content (AvgIpc) is 2.82. The Morgan fingerprint density at radius 3 is 2.56 bits per heavy atom. The quantitative estimate of drug-likeness (QED) is 0.854. The van der Waals surface area contributed by atoms with Gasteiger partial charge in [0.1, 0.15) is 0 Å². The van der Waals surface area contributed by atoms with E-state index in [2.05, 4.69) is 5.32 Å². The van der Waals surface area contributed by atoms with Gasteiger partial charge in [-0.05, 0) is 29.1 Å². The van der Waals surface area contributed by atoms with E-state index in [1.54, 1.807) is 23.5 Å². The van der Waals surface area contributed by atoms with Crippen molar-refractivity contribution in [1.29, 1.82) is 0 Å². The number of carbonyl (C=O) groups is 1. The number of amides is 1. The lowest BCUT2D eigenvalue weighted by Crippen LogP contribution is -2.11. The molecule has 0 unspecified atom stereocenters. The zero-order valence-corrected chi connectivity index (χ0v) is 9.46. The van der Waals surface area contributed by atoms with Crippen LogP contribution in [0.4, 0.5) is 5.69 Å². The Balaban J connectivity index is 2.09. The smallest absolute Gasteiger partial charge is 0.255 e. The van der Waals surface area contributed by atoms with E-state index in [4.69, 9.17) is 5.73 Å². The number of hydrogen-bond acceptors (Lipinski definition) is 3. The van der Waals surface area contributed by atoms with Crippen LogP contribution in [0.15, 0.2) is 41.1 Å². The number of thiophene rings is 1. The van der Waals surface area contributed by atoms with Crippen LogP contribution < -0.4 is 11.1 Å². The van der Waals surface area contributed by atoms with E-state index in [0.29, 0.717) is 12.1 Å². The summed E-state index contributed by atoms with van der Waals surface area (Å²) >= 11 is 1.55. The summed E-state index contributed by atoms with van der Waals surface area (Å²) in [6.45, 7) is 0.492. The molecule has 0 saturated carbocycles. The van der Waals surface area contributed by atoms with E-state index in [1.807, 2.05) is 29.0 Å². The highest BCUT2D eigenvalue weighted by molar-refractivity contribution is 7.08. The molecular weight excluding hydrogens is 220 g/mol. The van der Waals surface area contributed by atoms with Gasteiger partial charge in [-0.1, -0.05) is 12.1 Å². The van der Waals surface area contributed by atoms with Crippen LogP contribution in [0.1, 0.15) is 15.9 Å². The summed E-state index contributed by atoms with van der Waals surface area (Å²) in [7, 11) is 0. The van der Waals surface area contributed by atoms with Crippen molar-refractivity contribution in [3.8, 4) is 0 Å². The summed E-state index contributed by atoms with van der Waals surface area (Å²) in [6, 6.07) is 9.16. The second-order valence-corrected chi connectivity index (χ2v) is 4.15. The number of carbonyl (C=O) groups excluding carboxylic acids is 1. The van der Waals surface area contributed by atoms with E-state index in [1.165, 1.54) is 0 Å². The van der Waals surface area contributed by atoms with Gasteiger partial charge in [0, 0.05) is 17.5 Å². The summed E-state index contributed by atoms with van der Waals surface area (Å²) in [4.78, 5) is 11.8. The van der Waals surface area contributed by atoms with E-state index in [0.717, 1.165) is 11.3 Å². The first-order valence-electron chi connectivity index (χ1n) is 4.92. The van der Waals surface area contributed by atoms with Crippen LogP contribution in [0, 0.1) is 0 Å². The molecule has 82 valence electrons. The summed E-state index contributed by atoms with van der Waals surface area (Å²) in [5.41, 5.74) is 7.98. The van der Waals surface area contributed by atoms with E-state index < -0.39 is 0 Å². The molecule has 2 aromatic rings. The van der Waals surface area contributed by atoms with Crippen molar-refractivity contribution >= 4 is 22.9 Å². The molecule has 1 aromatic carbocycles. The van der Waals surface area contributed by atoms with Crippen molar-refractivity contribution in [3.05, 3.63) is 52.2 Å². The summed E-state index contributed by atoms with van der Waals surface area (Å²) in [5, 5.41) is 6.63. The van der Waals surface area contributed by atoms with Gasteiger partial charge in [-0.2, -0.15) is 11.3 Å². The molecule has 1 heterocycles. The minimum absolute atomic E-state index is 0.0954. The predicted molar refractivity (Wildman–Crippen MR) is 66.6 cm³/mol. The fourth-order valence-electron chi connectivity index (χ4n) is 1.33. The van der Waals surface area contributed by atoms with E-state index >= 15 is 0 Å². The Kier molecular flexibility index (Phi) is 3.34. The molecule has 1 aromatic heterocycles. The number of anilines is 1. The molecule has 0 fully saturated rings. The molecular formula is C12H12N2OS. The fourth-order valence-corrected chi connectivity index (χ4v) is 1.92. The normalized spacial score (nSPS) is 10.1. The molecule has 3 N–H and O–H groups in total. The molecule has 2 rings (SSSR count). The second kappa shape index (κ2) is 4.92. The Bertz CT molecular complexity index is 462. The fraction of sp³-hybridized carbons (Fsp3) is 0.0833. The van der Waals surface area contributed by atoms with Crippen LogP contribution in [0.3, 0.4) is 0 Å². The van der Waals surface area contributed by atoms with Crippen molar-refractivity contribution < 1.29 is 4.79 Å². The first-order chi connectivity index (χ1) is 7.79. The zero-order valence-electron chi connectivity index (χ0n) is 8.64. The Hall–Kier alpha value is -1.65. The molecule has 0 aliphatic rings. The largest absolute Gasteiger partial charge is 0.326 e. The monoisotopic (exact) mass is 232 g/mol. The molecule has 0 spiro atoms. The Labute approximate surface area is 97.9 Å². The minimum Gasteiger partial charge on any atom is -0.326 e. The summed E-state index contributed by atoms with van der Waals surface area (Å²) < 4.78 is 0. The zero-order chi connectivity index (χ0) is 11.4. The highest BCUT2D eigenvalue weighted by atomic mass is 32.1. The van der Waals surface area contributed by atoms with Crippen molar-refractivity contribution in [2.45, 2.75) is 6.54 Å². The summed E-state index contributed by atoms with van der Waals surface area (Å²) in [5.74, 6) is -0.0954. The van der Waals surface area contributed by atoms with Crippen molar-refractivity contribution in [1.82, 2.24) is 0 Å². The van der Waals surface area contributed by atoms with Crippen LogP contribution in [0.25, 0.3) is 0 Å². The van der Waals surface area contributed by atoms with Gasteiger partial charge in [0.2, 0.25) is 0 Å². The average molecular weight is 232 g/mol. The molecule has 0 atom stereocenters. The first kappa shape index (κ1) is 10.9. The highest BCUT2D eigenvalue weighted by Crippen LogP contribution is 2.13. The molecule has 16 heavy (non-hydrogen) atoms. The number of nitrogens with two attached hydrogens (primary N) is 1. The van der Waals surface area contributed by atoms with Crippen LogP contribution in [-0.4, -0.2) is 5.91 Å². The molecule has 1 amide bonds. The number of nitrogens with one attached hydrogen (secondary N) is 1. The second-order valence-electron chi connectivity index (χ2n) is 3.37. The third kappa shape index (κ3) is 2.48. The van der Waals surface area contributed by atoms with E-state index in [9.17, 15) is 4.79 Å². The standard InChI is InChI=1S/C12H12N2OS/c13-7-9-1-3-10(4-2-9)12(15)14-11-5-6-16-8-11/h1-6,8H,7,13H2,(H,14,15). The molecule has 3 nitrogen and oxygen atoms in total. The number of rotatable bonds is 3. The Morgan fingerprint density at radius 1 is 1.25 bits per heavy atom. The van der Waals surface area contributed by atoms with Crippen molar-refractivity contribution in [3.63, 3.8) is 0 Å². The lowest BCUT2D eigenvalue weighted by molar-refractivity contribution is 0.102. The topological polar surface area (TPSA) is 55.1 Å². The number of hydrogen-bond donors (Lipinski definition) is 2. The van der Waals surface area contributed by atoms with Gasteiger partial charge in [0.15, 0.2) is 0 Å². The predicted octanol–water partition coefficient (Wildman–Crippen LogP) is 2.46. The molecule has 0 aliphatic heterocycles.